The molecule has 0 atom stereocenters. The van der Waals surface area contributed by atoms with Gasteiger partial charge in [0.1, 0.15) is 5.56 Å². The number of anilines is 1. The molecule has 0 aliphatic heterocycles. The maximum atomic E-state index is 13.2. The highest BCUT2D eigenvalue weighted by atomic mass is 16.1. The molecule has 0 bridgehead atoms. The van der Waals surface area contributed by atoms with Gasteiger partial charge in [-0.15, -0.1) is 0 Å². The molecule has 2 aromatic carbocycles. The van der Waals surface area contributed by atoms with Gasteiger partial charge in [-0.05, 0) is 56.2 Å². The number of amides is 1. The zero-order valence-corrected chi connectivity index (χ0v) is 16.2. The van der Waals surface area contributed by atoms with Crippen molar-refractivity contribution < 1.29 is 4.79 Å². The second kappa shape index (κ2) is 7.19. The van der Waals surface area contributed by atoms with Gasteiger partial charge in [-0.3, -0.25) is 4.79 Å². The van der Waals surface area contributed by atoms with E-state index in [0.29, 0.717) is 11.4 Å². The molecule has 0 saturated heterocycles. The average Bonchev–Trinajstić information content (AvgIpc) is 3.34. The van der Waals surface area contributed by atoms with E-state index in [2.05, 4.69) is 29.5 Å². The van der Waals surface area contributed by atoms with Gasteiger partial charge in [0.25, 0.3) is 5.91 Å². The fourth-order valence-corrected chi connectivity index (χ4v) is 3.54. The first-order valence-corrected chi connectivity index (χ1v) is 9.20. The number of rotatable bonds is 4. The van der Waals surface area contributed by atoms with Crippen LogP contribution < -0.4 is 5.32 Å². The lowest BCUT2D eigenvalue weighted by Gasteiger charge is -2.14. The minimum atomic E-state index is -0.180. The van der Waals surface area contributed by atoms with E-state index in [1.807, 2.05) is 73.3 Å². The Bertz CT molecular complexity index is 1100. The van der Waals surface area contributed by atoms with Gasteiger partial charge in [0.15, 0.2) is 5.82 Å². The van der Waals surface area contributed by atoms with Crippen molar-refractivity contribution in [3.05, 3.63) is 95.4 Å². The highest BCUT2D eigenvalue weighted by molar-refractivity contribution is 6.07. The summed E-state index contributed by atoms with van der Waals surface area (Å²) >= 11 is 0. The molecule has 4 aromatic rings. The van der Waals surface area contributed by atoms with E-state index in [1.54, 1.807) is 10.9 Å². The topological polar surface area (TPSA) is 51.9 Å². The molecule has 0 aliphatic carbocycles. The van der Waals surface area contributed by atoms with E-state index in [0.717, 1.165) is 22.5 Å². The summed E-state index contributed by atoms with van der Waals surface area (Å²) in [6.45, 7) is 6.07. The van der Waals surface area contributed by atoms with Crippen LogP contribution in [-0.4, -0.2) is 20.3 Å². The van der Waals surface area contributed by atoms with Crippen LogP contribution in [0, 0.1) is 20.8 Å². The summed E-state index contributed by atoms with van der Waals surface area (Å²) in [7, 11) is 0. The predicted octanol–water partition coefficient (Wildman–Crippen LogP) is 4.84. The molecule has 1 N–H and O–H groups in total. The van der Waals surface area contributed by atoms with Crippen LogP contribution in [0.15, 0.2) is 73.2 Å². The number of carbonyl (C=O) groups excluding carboxylic acids is 1. The van der Waals surface area contributed by atoms with Gasteiger partial charge in [0.05, 0.1) is 11.9 Å². The molecule has 2 heterocycles. The second-order valence-corrected chi connectivity index (χ2v) is 6.95. The SMILES string of the molecule is Cc1cc(C)c(NC(=O)c2cnn(-c3ccccc3)c2-n2cccc2)c(C)c1. The van der Waals surface area contributed by atoms with E-state index in [-0.39, 0.29) is 5.91 Å². The zero-order chi connectivity index (χ0) is 19.7. The summed E-state index contributed by atoms with van der Waals surface area (Å²) in [6.07, 6.45) is 5.45. The predicted molar refractivity (Wildman–Crippen MR) is 111 cm³/mol. The molecule has 0 fully saturated rings. The van der Waals surface area contributed by atoms with Crippen molar-refractivity contribution in [3.8, 4) is 11.5 Å². The molecule has 0 radical (unpaired) electrons. The Morgan fingerprint density at radius 2 is 1.57 bits per heavy atom. The van der Waals surface area contributed by atoms with Gasteiger partial charge in [-0.1, -0.05) is 35.9 Å². The normalized spacial score (nSPS) is 10.8. The van der Waals surface area contributed by atoms with Crippen molar-refractivity contribution in [1.82, 2.24) is 14.3 Å². The van der Waals surface area contributed by atoms with Gasteiger partial charge in [0, 0.05) is 18.1 Å². The highest BCUT2D eigenvalue weighted by Gasteiger charge is 2.21. The first-order valence-electron chi connectivity index (χ1n) is 9.20. The second-order valence-electron chi connectivity index (χ2n) is 6.95. The zero-order valence-electron chi connectivity index (χ0n) is 16.2. The number of carbonyl (C=O) groups is 1. The fraction of sp³-hybridized carbons (Fsp3) is 0.130. The minimum Gasteiger partial charge on any atom is -0.321 e. The van der Waals surface area contributed by atoms with Crippen LogP contribution in [0.25, 0.3) is 11.5 Å². The number of hydrogen-bond acceptors (Lipinski definition) is 2. The third-order valence-corrected chi connectivity index (χ3v) is 4.75. The van der Waals surface area contributed by atoms with Gasteiger partial charge in [0.2, 0.25) is 0 Å². The number of nitrogens with one attached hydrogen (secondary N) is 1. The maximum Gasteiger partial charge on any atom is 0.261 e. The lowest BCUT2D eigenvalue weighted by atomic mass is 10.0. The third kappa shape index (κ3) is 3.22. The number of aromatic nitrogens is 3. The number of hydrogen-bond donors (Lipinski definition) is 1. The first kappa shape index (κ1) is 17.8. The molecular weight excluding hydrogens is 348 g/mol. The lowest BCUT2D eigenvalue weighted by molar-refractivity contribution is 0.102. The highest BCUT2D eigenvalue weighted by Crippen LogP contribution is 2.25. The monoisotopic (exact) mass is 370 g/mol. The molecule has 2 aromatic heterocycles. The lowest BCUT2D eigenvalue weighted by Crippen LogP contribution is -2.16. The van der Waals surface area contributed by atoms with Crippen molar-refractivity contribution in [3.63, 3.8) is 0 Å². The van der Waals surface area contributed by atoms with Crippen molar-refractivity contribution in [2.75, 3.05) is 5.32 Å². The van der Waals surface area contributed by atoms with Crippen LogP contribution >= 0.6 is 0 Å². The Morgan fingerprint density at radius 1 is 0.929 bits per heavy atom. The first-order chi connectivity index (χ1) is 13.5. The molecule has 5 nitrogen and oxygen atoms in total. The standard InChI is InChI=1S/C23H22N4O/c1-16-13-17(2)21(18(3)14-16)25-22(28)20-15-24-27(19-9-5-4-6-10-19)23(20)26-11-7-8-12-26/h4-15H,1-3H3,(H,25,28). The Balaban J connectivity index is 1.78. The average molecular weight is 370 g/mol. The summed E-state index contributed by atoms with van der Waals surface area (Å²) in [5, 5.41) is 7.58. The smallest absolute Gasteiger partial charge is 0.261 e. The van der Waals surface area contributed by atoms with Gasteiger partial charge in [-0.2, -0.15) is 5.10 Å². The van der Waals surface area contributed by atoms with E-state index in [1.165, 1.54) is 5.56 Å². The molecule has 0 aliphatic rings. The Morgan fingerprint density at radius 3 is 2.21 bits per heavy atom. The van der Waals surface area contributed by atoms with Gasteiger partial charge >= 0.3 is 0 Å². The molecule has 140 valence electrons. The molecule has 1 amide bonds. The summed E-state index contributed by atoms with van der Waals surface area (Å²) in [6, 6.07) is 17.8. The summed E-state index contributed by atoms with van der Waals surface area (Å²) in [5.41, 5.74) is 5.53. The van der Waals surface area contributed by atoms with Crippen molar-refractivity contribution in [2.45, 2.75) is 20.8 Å². The van der Waals surface area contributed by atoms with E-state index in [4.69, 9.17) is 0 Å². The maximum absolute atomic E-state index is 13.2. The molecule has 0 unspecified atom stereocenters. The van der Waals surface area contributed by atoms with E-state index in [9.17, 15) is 4.79 Å². The number of aryl methyl sites for hydroxylation is 3. The molecule has 28 heavy (non-hydrogen) atoms. The minimum absolute atomic E-state index is 0.180. The number of nitrogens with zero attached hydrogens (tertiary/aromatic N) is 3. The van der Waals surface area contributed by atoms with Gasteiger partial charge < -0.3 is 9.88 Å². The number of para-hydroxylation sites is 1. The van der Waals surface area contributed by atoms with Crippen LogP contribution in [0.3, 0.4) is 0 Å². The van der Waals surface area contributed by atoms with Gasteiger partial charge in [-0.25, -0.2) is 4.68 Å². The third-order valence-electron chi connectivity index (χ3n) is 4.75. The quantitative estimate of drug-likeness (QED) is 0.559. The van der Waals surface area contributed by atoms with E-state index < -0.39 is 0 Å². The van der Waals surface area contributed by atoms with Crippen LogP contribution in [-0.2, 0) is 0 Å². The van der Waals surface area contributed by atoms with Crippen LogP contribution in [0.1, 0.15) is 27.0 Å². The molecular formula is C23H22N4O. The summed E-state index contributed by atoms with van der Waals surface area (Å²) < 4.78 is 3.69. The van der Waals surface area contributed by atoms with E-state index >= 15 is 0 Å². The molecule has 5 heteroatoms. The van der Waals surface area contributed by atoms with Crippen LogP contribution in [0.4, 0.5) is 5.69 Å². The number of benzene rings is 2. The fourth-order valence-electron chi connectivity index (χ4n) is 3.54. The molecule has 0 spiro atoms. The van der Waals surface area contributed by atoms with Crippen LogP contribution in [0.5, 0.6) is 0 Å². The van der Waals surface area contributed by atoms with Crippen molar-refractivity contribution >= 4 is 11.6 Å². The summed E-state index contributed by atoms with van der Waals surface area (Å²) in [5.74, 6) is 0.525. The largest absolute Gasteiger partial charge is 0.321 e. The van der Waals surface area contributed by atoms with Crippen molar-refractivity contribution in [1.29, 1.82) is 0 Å². The van der Waals surface area contributed by atoms with Crippen LogP contribution in [0.2, 0.25) is 0 Å². The Hall–Kier alpha value is -3.60. The summed E-state index contributed by atoms with van der Waals surface area (Å²) in [4.78, 5) is 13.2. The molecule has 4 rings (SSSR count). The Labute approximate surface area is 164 Å². The molecule has 0 saturated carbocycles. The Kier molecular flexibility index (Phi) is 4.57. The van der Waals surface area contributed by atoms with Crippen molar-refractivity contribution in [2.24, 2.45) is 0 Å².